The lowest BCUT2D eigenvalue weighted by molar-refractivity contribution is 0.479. The van der Waals surface area contributed by atoms with Gasteiger partial charge >= 0.3 is 0 Å². The minimum Gasteiger partial charge on any atom is -0.447 e. The fraction of sp³-hybridized carbons (Fsp3) is 0.250. The predicted octanol–water partition coefficient (Wildman–Crippen LogP) is 0.688. The standard InChI is InChI=1S/C8H10N4O/c1(7-2-11-12-3-7)9-4-8-5-10-6-13-8/h2-3,5-6,9H,1,4H2,(H,11,12). The largest absolute Gasteiger partial charge is 0.447 e. The first kappa shape index (κ1) is 8.00. The zero-order chi connectivity index (χ0) is 8.93. The van der Waals surface area contributed by atoms with Crippen LogP contribution in [0.1, 0.15) is 11.3 Å². The molecule has 0 unspecified atom stereocenters. The van der Waals surface area contributed by atoms with Crippen LogP contribution in [-0.2, 0) is 13.1 Å². The van der Waals surface area contributed by atoms with Crippen LogP contribution in [0.4, 0.5) is 0 Å². The molecule has 2 rings (SSSR count). The highest BCUT2D eigenvalue weighted by atomic mass is 16.3. The molecule has 0 fully saturated rings. The molecule has 0 spiro atoms. The van der Waals surface area contributed by atoms with Crippen molar-refractivity contribution >= 4 is 0 Å². The Hall–Kier alpha value is -1.62. The molecule has 13 heavy (non-hydrogen) atoms. The van der Waals surface area contributed by atoms with E-state index in [0.29, 0.717) is 6.54 Å². The van der Waals surface area contributed by atoms with E-state index in [1.54, 1.807) is 12.4 Å². The molecule has 0 saturated heterocycles. The number of hydrogen-bond acceptors (Lipinski definition) is 4. The number of aromatic nitrogens is 3. The van der Waals surface area contributed by atoms with Crippen molar-refractivity contribution in [2.45, 2.75) is 13.1 Å². The van der Waals surface area contributed by atoms with Crippen molar-refractivity contribution < 1.29 is 4.42 Å². The highest BCUT2D eigenvalue weighted by molar-refractivity contribution is 5.01. The molecule has 0 aliphatic carbocycles. The number of hydrogen-bond donors (Lipinski definition) is 2. The second-order valence-corrected chi connectivity index (χ2v) is 2.68. The Morgan fingerprint density at radius 3 is 3.08 bits per heavy atom. The Morgan fingerprint density at radius 2 is 2.38 bits per heavy atom. The molecule has 0 aliphatic rings. The van der Waals surface area contributed by atoms with Crippen molar-refractivity contribution in [3.8, 4) is 0 Å². The number of H-pyrrole nitrogens is 1. The molecule has 68 valence electrons. The van der Waals surface area contributed by atoms with E-state index in [4.69, 9.17) is 4.42 Å². The zero-order valence-electron chi connectivity index (χ0n) is 7.03. The third-order valence-electron chi connectivity index (χ3n) is 1.67. The van der Waals surface area contributed by atoms with Gasteiger partial charge in [0.05, 0.1) is 18.9 Å². The molecule has 0 radical (unpaired) electrons. The molecular formula is C8H10N4O. The van der Waals surface area contributed by atoms with Crippen LogP contribution in [-0.4, -0.2) is 15.2 Å². The van der Waals surface area contributed by atoms with Crippen molar-refractivity contribution in [2.75, 3.05) is 0 Å². The van der Waals surface area contributed by atoms with Gasteiger partial charge in [-0.05, 0) is 0 Å². The molecule has 2 aromatic heterocycles. The Balaban J connectivity index is 1.76. The normalized spacial score (nSPS) is 10.5. The number of rotatable bonds is 4. The van der Waals surface area contributed by atoms with Crippen LogP contribution in [0.3, 0.4) is 0 Å². The van der Waals surface area contributed by atoms with Crippen LogP contribution in [0.5, 0.6) is 0 Å². The van der Waals surface area contributed by atoms with Gasteiger partial charge < -0.3 is 9.73 Å². The fourth-order valence-electron chi connectivity index (χ4n) is 1.03. The molecule has 2 heterocycles. The monoisotopic (exact) mass is 178 g/mol. The van der Waals surface area contributed by atoms with Crippen LogP contribution in [0.25, 0.3) is 0 Å². The highest BCUT2D eigenvalue weighted by Crippen LogP contribution is 1.97. The van der Waals surface area contributed by atoms with Crippen LogP contribution < -0.4 is 5.32 Å². The SMILES string of the molecule is c1ncc(CNCc2cn[nH]c2)o1. The molecular weight excluding hydrogens is 168 g/mol. The van der Waals surface area contributed by atoms with E-state index in [2.05, 4.69) is 20.5 Å². The van der Waals surface area contributed by atoms with Gasteiger partial charge in [-0.3, -0.25) is 5.10 Å². The summed E-state index contributed by atoms with van der Waals surface area (Å²) in [6.45, 7) is 1.46. The molecule has 0 amide bonds. The van der Waals surface area contributed by atoms with Crippen molar-refractivity contribution in [3.05, 3.63) is 36.3 Å². The molecule has 5 heteroatoms. The average molecular weight is 178 g/mol. The maximum absolute atomic E-state index is 5.06. The average Bonchev–Trinajstić information content (AvgIpc) is 2.75. The van der Waals surface area contributed by atoms with E-state index in [-0.39, 0.29) is 0 Å². The van der Waals surface area contributed by atoms with Gasteiger partial charge in [0, 0.05) is 18.3 Å². The van der Waals surface area contributed by atoms with E-state index in [9.17, 15) is 0 Å². The number of nitrogens with one attached hydrogen (secondary N) is 2. The molecule has 2 N–H and O–H groups in total. The number of nitrogens with zero attached hydrogens (tertiary/aromatic N) is 2. The van der Waals surface area contributed by atoms with Gasteiger partial charge in [-0.1, -0.05) is 0 Å². The lowest BCUT2D eigenvalue weighted by Gasteiger charge is -1.97. The van der Waals surface area contributed by atoms with Gasteiger partial charge in [-0.25, -0.2) is 4.98 Å². The summed E-state index contributed by atoms with van der Waals surface area (Å²) >= 11 is 0. The zero-order valence-corrected chi connectivity index (χ0v) is 7.03. The summed E-state index contributed by atoms with van der Waals surface area (Å²) in [6, 6.07) is 0. The maximum atomic E-state index is 5.06. The van der Waals surface area contributed by atoms with Crippen molar-refractivity contribution in [1.29, 1.82) is 0 Å². The summed E-state index contributed by atoms with van der Waals surface area (Å²) in [6.07, 6.45) is 6.76. The molecule has 5 nitrogen and oxygen atoms in total. The van der Waals surface area contributed by atoms with Gasteiger partial charge in [0.15, 0.2) is 6.39 Å². The fourth-order valence-corrected chi connectivity index (χ4v) is 1.03. The first-order valence-electron chi connectivity index (χ1n) is 4.01. The maximum Gasteiger partial charge on any atom is 0.180 e. The minimum atomic E-state index is 0.686. The second kappa shape index (κ2) is 3.86. The molecule has 2 aromatic rings. The predicted molar refractivity (Wildman–Crippen MR) is 45.6 cm³/mol. The van der Waals surface area contributed by atoms with Gasteiger partial charge in [-0.2, -0.15) is 5.10 Å². The van der Waals surface area contributed by atoms with E-state index >= 15 is 0 Å². The third kappa shape index (κ3) is 2.16. The quantitative estimate of drug-likeness (QED) is 0.722. The van der Waals surface area contributed by atoms with Gasteiger partial charge in [0.2, 0.25) is 0 Å². The van der Waals surface area contributed by atoms with Crippen molar-refractivity contribution in [2.24, 2.45) is 0 Å². The summed E-state index contributed by atoms with van der Waals surface area (Å²) in [5, 5.41) is 9.78. The van der Waals surface area contributed by atoms with E-state index in [0.717, 1.165) is 17.9 Å². The number of oxazole rings is 1. The van der Waals surface area contributed by atoms with Gasteiger partial charge in [0.25, 0.3) is 0 Å². The third-order valence-corrected chi connectivity index (χ3v) is 1.67. The van der Waals surface area contributed by atoms with Gasteiger partial charge in [-0.15, -0.1) is 0 Å². The van der Waals surface area contributed by atoms with E-state index < -0.39 is 0 Å². The smallest absolute Gasteiger partial charge is 0.180 e. The first-order chi connectivity index (χ1) is 6.45. The van der Waals surface area contributed by atoms with Crippen LogP contribution >= 0.6 is 0 Å². The van der Waals surface area contributed by atoms with Crippen molar-refractivity contribution in [1.82, 2.24) is 20.5 Å². The van der Waals surface area contributed by atoms with Crippen LogP contribution in [0, 0.1) is 0 Å². The summed E-state index contributed by atoms with van der Waals surface area (Å²) < 4.78 is 5.06. The van der Waals surface area contributed by atoms with Gasteiger partial charge in [0.1, 0.15) is 5.76 Å². The lowest BCUT2D eigenvalue weighted by atomic mass is 10.3. The molecule has 0 aliphatic heterocycles. The highest BCUT2D eigenvalue weighted by Gasteiger charge is 1.96. The lowest BCUT2D eigenvalue weighted by Crippen LogP contribution is -2.11. The Labute approximate surface area is 75.2 Å². The van der Waals surface area contributed by atoms with Crippen molar-refractivity contribution in [3.63, 3.8) is 0 Å². The van der Waals surface area contributed by atoms with E-state index in [1.165, 1.54) is 6.39 Å². The first-order valence-corrected chi connectivity index (χ1v) is 4.01. The van der Waals surface area contributed by atoms with Crippen LogP contribution in [0.15, 0.2) is 29.4 Å². The molecule has 0 aromatic carbocycles. The van der Waals surface area contributed by atoms with E-state index in [1.807, 2.05) is 6.20 Å². The summed E-state index contributed by atoms with van der Waals surface area (Å²) in [7, 11) is 0. The summed E-state index contributed by atoms with van der Waals surface area (Å²) in [4.78, 5) is 3.81. The Morgan fingerprint density at radius 1 is 1.38 bits per heavy atom. The minimum absolute atomic E-state index is 0.686. The topological polar surface area (TPSA) is 66.7 Å². The Kier molecular flexibility index (Phi) is 2.38. The summed E-state index contributed by atoms with van der Waals surface area (Å²) in [5.41, 5.74) is 1.12. The number of aromatic amines is 1. The second-order valence-electron chi connectivity index (χ2n) is 2.68. The Bertz CT molecular complexity index is 293. The van der Waals surface area contributed by atoms with Crippen LogP contribution in [0.2, 0.25) is 0 Å². The molecule has 0 saturated carbocycles. The summed E-state index contributed by atoms with van der Waals surface area (Å²) in [5.74, 6) is 0.837. The molecule has 0 atom stereocenters. The molecule has 0 bridgehead atoms.